The molecule has 2 atom stereocenters. The van der Waals surface area contributed by atoms with E-state index in [4.69, 9.17) is 4.74 Å². The van der Waals surface area contributed by atoms with Crippen LogP contribution in [0.3, 0.4) is 0 Å². The van der Waals surface area contributed by atoms with Gasteiger partial charge in [0.05, 0.1) is 12.4 Å². The molecule has 0 radical (unpaired) electrons. The Labute approximate surface area is 142 Å². The summed E-state index contributed by atoms with van der Waals surface area (Å²) in [7, 11) is 0. The highest BCUT2D eigenvalue weighted by Gasteiger charge is 2.28. The van der Waals surface area contributed by atoms with Crippen LogP contribution in [0.2, 0.25) is 0 Å². The zero-order valence-electron chi connectivity index (χ0n) is 13.2. The van der Waals surface area contributed by atoms with Gasteiger partial charge in [-0.15, -0.1) is 0 Å². The molecular formula is C15H18FN5O2S. The van der Waals surface area contributed by atoms with Crippen molar-refractivity contribution in [3.8, 4) is 0 Å². The van der Waals surface area contributed by atoms with Gasteiger partial charge in [0.2, 0.25) is 5.91 Å². The molecule has 7 nitrogen and oxygen atoms in total. The van der Waals surface area contributed by atoms with Gasteiger partial charge in [-0.3, -0.25) is 9.36 Å². The average molecular weight is 351 g/mol. The number of amides is 1. The van der Waals surface area contributed by atoms with Crippen molar-refractivity contribution in [1.29, 1.82) is 0 Å². The van der Waals surface area contributed by atoms with Crippen molar-refractivity contribution in [2.45, 2.75) is 25.2 Å². The van der Waals surface area contributed by atoms with E-state index in [1.807, 2.05) is 4.57 Å². The first kappa shape index (κ1) is 16.8. The second-order valence-electron chi connectivity index (χ2n) is 5.34. The Morgan fingerprint density at radius 1 is 1.50 bits per heavy atom. The van der Waals surface area contributed by atoms with Gasteiger partial charge in [-0.1, -0.05) is 0 Å². The van der Waals surface area contributed by atoms with Crippen LogP contribution in [0.1, 0.15) is 19.1 Å². The van der Waals surface area contributed by atoms with Crippen LogP contribution in [0, 0.1) is 0 Å². The molecule has 0 aromatic carbocycles. The summed E-state index contributed by atoms with van der Waals surface area (Å²) in [5.74, 6) is 0.797. The molecule has 1 N–H and O–H groups in total. The van der Waals surface area contributed by atoms with Crippen LogP contribution in [0.25, 0.3) is 11.2 Å². The second-order valence-corrected chi connectivity index (χ2v) is 6.25. The van der Waals surface area contributed by atoms with Gasteiger partial charge in [-0.05, 0) is 25.2 Å². The lowest BCUT2D eigenvalue weighted by molar-refractivity contribution is -0.111. The molecule has 1 fully saturated rings. The third-order valence-electron chi connectivity index (χ3n) is 3.71. The first-order valence-electron chi connectivity index (χ1n) is 7.58. The zero-order chi connectivity index (χ0) is 16.9. The summed E-state index contributed by atoms with van der Waals surface area (Å²) in [5, 5.41) is 2.59. The summed E-state index contributed by atoms with van der Waals surface area (Å²) in [4.78, 5) is 24.3. The van der Waals surface area contributed by atoms with Crippen molar-refractivity contribution in [2.24, 2.45) is 0 Å². The molecule has 3 heterocycles. The quantitative estimate of drug-likeness (QED) is 0.805. The summed E-state index contributed by atoms with van der Waals surface area (Å²) >= 11 is 1.76. The third kappa shape index (κ3) is 3.57. The summed E-state index contributed by atoms with van der Waals surface area (Å²) < 4.78 is 20.0. The smallest absolute Gasteiger partial charge is 0.249 e. The molecule has 128 valence electrons. The standard InChI is InChI=1S/C15H18FN5O2S/c1-24-7-10-4-5-12(23-10)21-9-19-13-14(17-8-18-15(13)21)20-11(22)3-2-6-16/h2-3,8-10,12H,4-7H2,1H3,(H,17,18,20,22)/b3-2+. The molecular weight excluding hydrogens is 333 g/mol. The minimum absolute atomic E-state index is 0.114. The Balaban J connectivity index is 1.82. The van der Waals surface area contributed by atoms with E-state index in [-0.39, 0.29) is 12.3 Å². The van der Waals surface area contributed by atoms with E-state index in [1.54, 1.807) is 18.1 Å². The number of alkyl halides is 1. The van der Waals surface area contributed by atoms with E-state index in [9.17, 15) is 9.18 Å². The highest BCUT2D eigenvalue weighted by atomic mass is 32.2. The lowest BCUT2D eigenvalue weighted by Gasteiger charge is -2.14. The van der Waals surface area contributed by atoms with Crippen molar-refractivity contribution in [3.05, 3.63) is 24.8 Å². The van der Waals surface area contributed by atoms with Gasteiger partial charge in [-0.25, -0.2) is 19.3 Å². The molecule has 1 amide bonds. The molecule has 2 unspecified atom stereocenters. The number of aromatic nitrogens is 4. The number of ether oxygens (including phenoxy) is 1. The fourth-order valence-corrected chi connectivity index (χ4v) is 3.28. The lowest BCUT2D eigenvalue weighted by Crippen LogP contribution is -2.13. The van der Waals surface area contributed by atoms with Crippen molar-refractivity contribution in [1.82, 2.24) is 19.5 Å². The van der Waals surface area contributed by atoms with E-state index < -0.39 is 12.6 Å². The van der Waals surface area contributed by atoms with Gasteiger partial charge >= 0.3 is 0 Å². The Kier molecular flexibility index (Phi) is 5.41. The van der Waals surface area contributed by atoms with Crippen LogP contribution >= 0.6 is 11.8 Å². The number of fused-ring (bicyclic) bond motifs is 1. The number of imidazole rings is 1. The summed E-state index contributed by atoms with van der Waals surface area (Å²) in [6, 6.07) is 0. The summed E-state index contributed by atoms with van der Waals surface area (Å²) in [6.07, 6.45) is 9.33. The second kappa shape index (κ2) is 7.71. The monoisotopic (exact) mass is 351 g/mol. The molecule has 9 heteroatoms. The fraction of sp³-hybridized carbons (Fsp3) is 0.467. The number of nitrogens with zero attached hydrogens (tertiary/aromatic N) is 4. The van der Waals surface area contributed by atoms with E-state index in [0.29, 0.717) is 17.0 Å². The SMILES string of the molecule is CSCC1CCC(n2cnc3c(NC(=O)/C=C/CF)ncnc32)O1. The first-order chi connectivity index (χ1) is 11.7. The van der Waals surface area contributed by atoms with E-state index in [1.165, 1.54) is 6.33 Å². The van der Waals surface area contributed by atoms with Gasteiger partial charge in [0, 0.05) is 11.8 Å². The molecule has 0 spiro atoms. The number of carbonyl (C=O) groups is 1. The summed E-state index contributed by atoms with van der Waals surface area (Å²) in [5.41, 5.74) is 1.08. The van der Waals surface area contributed by atoms with Crippen LogP contribution in [0.5, 0.6) is 0 Å². The highest BCUT2D eigenvalue weighted by Crippen LogP contribution is 2.32. The number of allylic oxidation sites excluding steroid dienone is 1. The minimum Gasteiger partial charge on any atom is -0.354 e. The predicted octanol–water partition coefficient (Wildman–Crippen LogP) is 2.33. The predicted molar refractivity (Wildman–Crippen MR) is 90.6 cm³/mol. The van der Waals surface area contributed by atoms with Crippen LogP contribution in [-0.4, -0.2) is 50.2 Å². The Hall–Kier alpha value is -2.00. The molecule has 0 saturated carbocycles. The average Bonchev–Trinajstić information content (AvgIpc) is 3.20. The van der Waals surface area contributed by atoms with Crippen LogP contribution < -0.4 is 5.32 Å². The highest BCUT2D eigenvalue weighted by molar-refractivity contribution is 7.98. The van der Waals surface area contributed by atoms with Crippen molar-refractivity contribution < 1.29 is 13.9 Å². The Morgan fingerprint density at radius 2 is 2.38 bits per heavy atom. The number of halogens is 1. The topological polar surface area (TPSA) is 81.9 Å². The normalized spacial score (nSPS) is 20.9. The first-order valence-corrected chi connectivity index (χ1v) is 8.97. The third-order valence-corrected chi connectivity index (χ3v) is 4.41. The maximum absolute atomic E-state index is 12.1. The number of carbonyl (C=O) groups excluding carboxylic acids is 1. The maximum atomic E-state index is 12.1. The largest absolute Gasteiger partial charge is 0.354 e. The molecule has 1 aliphatic rings. The maximum Gasteiger partial charge on any atom is 0.249 e. The molecule has 1 aliphatic heterocycles. The van der Waals surface area contributed by atoms with Crippen LogP contribution in [0.15, 0.2) is 24.8 Å². The lowest BCUT2D eigenvalue weighted by atomic mass is 10.2. The van der Waals surface area contributed by atoms with Gasteiger partial charge in [0.1, 0.15) is 19.2 Å². The van der Waals surface area contributed by atoms with Crippen molar-refractivity contribution in [3.63, 3.8) is 0 Å². The van der Waals surface area contributed by atoms with E-state index in [2.05, 4.69) is 26.5 Å². The summed E-state index contributed by atoms with van der Waals surface area (Å²) in [6.45, 7) is -0.697. The number of anilines is 1. The van der Waals surface area contributed by atoms with Gasteiger partial charge < -0.3 is 10.1 Å². The van der Waals surface area contributed by atoms with Gasteiger partial charge in [-0.2, -0.15) is 11.8 Å². The molecule has 0 aliphatic carbocycles. The zero-order valence-corrected chi connectivity index (χ0v) is 14.0. The molecule has 24 heavy (non-hydrogen) atoms. The number of rotatable bonds is 6. The molecule has 3 rings (SSSR count). The molecule has 1 saturated heterocycles. The van der Waals surface area contributed by atoms with Gasteiger partial charge in [0.15, 0.2) is 17.0 Å². The Morgan fingerprint density at radius 3 is 3.17 bits per heavy atom. The van der Waals surface area contributed by atoms with Gasteiger partial charge in [0.25, 0.3) is 0 Å². The van der Waals surface area contributed by atoms with Crippen molar-refractivity contribution >= 4 is 34.7 Å². The molecule has 0 bridgehead atoms. The van der Waals surface area contributed by atoms with E-state index in [0.717, 1.165) is 30.7 Å². The number of thioether (sulfide) groups is 1. The minimum atomic E-state index is -0.697. The molecule has 2 aromatic rings. The van der Waals surface area contributed by atoms with Crippen LogP contribution in [0.4, 0.5) is 10.2 Å². The number of nitrogens with one attached hydrogen (secondary N) is 1. The molecule has 2 aromatic heterocycles. The number of hydrogen-bond donors (Lipinski definition) is 1. The Bertz CT molecular complexity index is 751. The fourth-order valence-electron chi connectivity index (χ4n) is 2.66. The van der Waals surface area contributed by atoms with Crippen LogP contribution in [-0.2, 0) is 9.53 Å². The van der Waals surface area contributed by atoms with E-state index >= 15 is 0 Å². The van der Waals surface area contributed by atoms with Crippen molar-refractivity contribution in [2.75, 3.05) is 24.0 Å². The number of hydrogen-bond acceptors (Lipinski definition) is 6.